The predicted molar refractivity (Wildman–Crippen MR) is 76.5 cm³/mol. The molecule has 1 fully saturated rings. The maximum absolute atomic E-state index is 12.6. The van der Waals surface area contributed by atoms with Gasteiger partial charge in [0.2, 0.25) is 0 Å². The van der Waals surface area contributed by atoms with Crippen LogP contribution in [0.3, 0.4) is 0 Å². The third kappa shape index (κ3) is 2.86. The Labute approximate surface area is 120 Å². The van der Waals surface area contributed by atoms with E-state index in [0.29, 0.717) is 24.6 Å². The zero-order valence-electron chi connectivity index (χ0n) is 12.7. The molecule has 0 unspecified atom stereocenters. The molecule has 1 aliphatic heterocycles. The topological polar surface area (TPSA) is 61.6 Å². The van der Waals surface area contributed by atoms with E-state index in [9.17, 15) is 9.90 Å². The Morgan fingerprint density at radius 2 is 2.10 bits per heavy atom. The van der Waals surface area contributed by atoms with Crippen molar-refractivity contribution < 1.29 is 9.90 Å². The van der Waals surface area contributed by atoms with Crippen LogP contribution in [0.15, 0.2) is 6.20 Å². The molecule has 1 saturated heterocycles. The molecule has 0 spiro atoms. The molecule has 1 aliphatic rings. The largest absolute Gasteiger partial charge is 0.396 e. The predicted octanol–water partition coefficient (Wildman–Crippen LogP) is -0.0294. The number of aliphatic hydroxyl groups is 1. The fourth-order valence-electron chi connectivity index (χ4n) is 2.87. The standard InChI is InChI=1S/C14H24N4O2/c1-10-13(5-15-17(10)4)14(20)18-7-11(6-16(2)3)12(8-18)9-19/h5,11-12,19H,6-9H2,1-4H3/t11-,12-/m1/s1. The third-order valence-electron chi connectivity index (χ3n) is 4.16. The maximum Gasteiger partial charge on any atom is 0.257 e. The van der Waals surface area contributed by atoms with Crippen molar-refractivity contribution in [3.05, 3.63) is 17.5 Å². The van der Waals surface area contributed by atoms with E-state index in [1.54, 1.807) is 10.9 Å². The van der Waals surface area contributed by atoms with E-state index in [-0.39, 0.29) is 18.4 Å². The average Bonchev–Trinajstić information content (AvgIpc) is 2.93. The second kappa shape index (κ2) is 5.93. The lowest BCUT2D eigenvalue weighted by molar-refractivity contribution is 0.0778. The lowest BCUT2D eigenvalue weighted by Gasteiger charge is -2.20. The molecule has 2 atom stereocenters. The van der Waals surface area contributed by atoms with Crippen LogP contribution in [0.2, 0.25) is 0 Å². The molecule has 6 heteroatoms. The van der Waals surface area contributed by atoms with Gasteiger partial charge >= 0.3 is 0 Å². The van der Waals surface area contributed by atoms with Crippen LogP contribution in [0.4, 0.5) is 0 Å². The van der Waals surface area contributed by atoms with E-state index < -0.39 is 0 Å². The van der Waals surface area contributed by atoms with Gasteiger partial charge in [-0.1, -0.05) is 0 Å². The first kappa shape index (κ1) is 15.0. The van der Waals surface area contributed by atoms with Crippen LogP contribution in [-0.4, -0.2) is 70.9 Å². The van der Waals surface area contributed by atoms with Gasteiger partial charge in [-0.3, -0.25) is 9.48 Å². The summed E-state index contributed by atoms with van der Waals surface area (Å²) in [5, 5.41) is 13.6. The number of nitrogens with zero attached hydrogens (tertiary/aromatic N) is 4. The summed E-state index contributed by atoms with van der Waals surface area (Å²) in [4.78, 5) is 16.5. The van der Waals surface area contributed by atoms with Crippen LogP contribution < -0.4 is 0 Å². The number of hydrogen-bond acceptors (Lipinski definition) is 4. The summed E-state index contributed by atoms with van der Waals surface area (Å²) in [7, 11) is 5.87. The summed E-state index contributed by atoms with van der Waals surface area (Å²) < 4.78 is 1.71. The van der Waals surface area contributed by atoms with E-state index in [1.807, 2.05) is 33.0 Å². The van der Waals surface area contributed by atoms with Gasteiger partial charge < -0.3 is 14.9 Å². The van der Waals surface area contributed by atoms with Crippen LogP contribution in [0, 0.1) is 18.8 Å². The van der Waals surface area contributed by atoms with Crippen LogP contribution in [0.1, 0.15) is 16.1 Å². The zero-order valence-corrected chi connectivity index (χ0v) is 12.7. The quantitative estimate of drug-likeness (QED) is 0.841. The van der Waals surface area contributed by atoms with Crippen LogP contribution in [0.5, 0.6) is 0 Å². The average molecular weight is 280 g/mol. The Balaban J connectivity index is 2.10. The van der Waals surface area contributed by atoms with Crippen molar-refractivity contribution in [3.63, 3.8) is 0 Å². The second-order valence-electron chi connectivity index (χ2n) is 5.94. The zero-order chi connectivity index (χ0) is 14.9. The van der Waals surface area contributed by atoms with Gasteiger partial charge in [-0.05, 0) is 26.9 Å². The highest BCUT2D eigenvalue weighted by atomic mass is 16.3. The molecule has 0 aliphatic carbocycles. The minimum atomic E-state index is 0.0234. The Kier molecular flexibility index (Phi) is 4.45. The number of amides is 1. The van der Waals surface area contributed by atoms with Crippen molar-refractivity contribution in [2.24, 2.45) is 18.9 Å². The monoisotopic (exact) mass is 280 g/mol. The molecule has 2 heterocycles. The highest BCUT2D eigenvalue weighted by Gasteiger charge is 2.36. The van der Waals surface area contributed by atoms with Crippen LogP contribution >= 0.6 is 0 Å². The van der Waals surface area contributed by atoms with Crippen molar-refractivity contribution in [3.8, 4) is 0 Å². The summed E-state index contributed by atoms with van der Waals surface area (Å²) in [6, 6.07) is 0. The van der Waals surface area contributed by atoms with Gasteiger partial charge in [0, 0.05) is 44.9 Å². The number of carbonyl (C=O) groups is 1. The van der Waals surface area contributed by atoms with Crippen molar-refractivity contribution in [2.75, 3.05) is 40.3 Å². The normalized spacial score (nSPS) is 22.8. The summed E-state index contributed by atoms with van der Waals surface area (Å²) in [5.74, 6) is 0.518. The first-order valence-corrected chi connectivity index (χ1v) is 6.97. The van der Waals surface area contributed by atoms with Gasteiger partial charge in [-0.15, -0.1) is 0 Å². The number of hydrogen-bond donors (Lipinski definition) is 1. The molecule has 1 amide bonds. The van der Waals surface area contributed by atoms with E-state index >= 15 is 0 Å². The lowest BCUT2D eigenvalue weighted by Crippen LogP contribution is -2.31. The van der Waals surface area contributed by atoms with Gasteiger partial charge in [0.15, 0.2) is 0 Å². The second-order valence-corrected chi connectivity index (χ2v) is 5.94. The van der Waals surface area contributed by atoms with Crippen molar-refractivity contribution in [1.29, 1.82) is 0 Å². The number of likely N-dealkylation sites (tertiary alicyclic amines) is 1. The molecule has 6 nitrogen and oxygen atoms in total. The first-order valence-electron chi connectivity index (χ1n) is 6.97. The van der Waals surface area contributed by atoms with Crippen molar-refractivity contribution >= 4 is 5.91 Å². The molecule has 112 valence electrons. The Morgan fingerprint density at radius 3 is 2.60 bits per heavy atom. The number of aromatic nitrogens is 2. The summed E-state index contributed by atoms with van der Waals surface area (Å²) in [6.07, 6.45) is 1.63. The van der Waals surface area contributed by atoms with Gasteiger partial charge in [0.25, 0.3) is 5.91 Å². The Morgan fingerprint density at radius 1 is 1.45 bits per heavy atom. The fourth-order valence-corrected chi connectivity index (χ4v) is 2.87. The van der Waals surface area contributed by atoms with Crippen molar-refractivity contribution in [1.82, 2.24) is 19.6 Å². The first-order chi connectivity index (χ1) is 9.43. The number of aliphatic hydroxyl groups excluding tert-OH is 1. The number of rotatable bonds is 4. The minimum Gasteiger partial charge on any atom is -0.396 e. The van der Waals surface area contributed by atoms with E-state index in [0.717, 1.165) is 12.2 Å². The molecular formula is C14H24N4O2. The van der Waals surface area contributed by atoms with Gasteiger partial charge in [0.05, 0.1) is 11.8 Å². The molecule has 0 bridgehead atoms. The molecule has 1 aromatic heterocycles. The highest BCUT2D eigenvalue weighted by molar-refractivity contribution is 5.95. The summed E-state index contributed by atoms with van der Waals surface area (Å²) >= 11 is 0. The number of carbonyl (C=O) groups excluding carboxylic acids is 1. The number of aryl methyl sites for hydroxylation is 1. The van der Waals surface area contributed by atoms with Gasteiger partial charge in [0.1, 0.15) is 0 Å². The molecule has 1 aromatic rings. The van der Waals surface area contributed by atoms with Crippen LogP contribution in [-0.2, 0) is 7.05 Å². The minimum absolute atomic E-state index is 0.0234. The molecule has 0 aromatic carbocycles. The maximum atomic E-state index is 12.6. The SMILES string of the molecule is Cc1c(C(=O)N2C[C@@H](CN(C)C)[C@@H](CO)C2)cnn1C. The van der Waals surface area contributed by atoms with E-state index in [2.05, 4.69) is 10.00 Å². The van der Waals surface area contributed by atoms with E-state index in [4.69, 9.17) is 0 Å². The molecule has 0 radical (unpaired) electrons. The fraction of sp³-hybridized carbons (Fsp3) is 0.714. The van der Waals surface area contributed by atoms with E-state index in [1.165, 1.54) is 0 Å². The van der Waals surface area contributed by atoms with Gasteiger partial charge in [-0.2, -0.15) is 5.10 Å². The smallest absolute Gasteiger partial charge is 0.257 e. The summed E-state index contributed by atoms with van der Waals surface area (Å²) in [6.45, 7) is 4.26. The molecule has 2 rings (SSSR count). The lowest BCUT2D eigenvalue weighted by atomic mass is 9.97. The third-order valence-corrected chi connectivity index (χ3v) is 4.16. The molecule has 20 heavy (non-hydrogen) atoms. The highest BCUT2D eigenvalue weighted by Crippen LogP contribution is 2.25. The Bertz CT molecular complexity index is 484. The van der Waals surface area contributed by atoms with Crippen molar-refractivity contribution in [2.45, 2.75) is 6.92 Å². The van der Waals surface area contributed by atoms with Gasteiger partial charge in [-0.25, -0.2) is 0 Å². The van der Waals surface area contributed by atoms with Crippen LogP contribution in [0.25, 0.3) is 0 Å². The summed E-state index contributed by atoms with van der Waals surface area (Å²) in [5.41, 5.74) is 1.54. The molecule has 1 N–H and O–H groups in total. The molecular weight excluding hydrogens is 256 g/mol. The Hall–Kier alpha value is -1.40. The molecule has 0 saturated carbocycles.